The highest BCUT2D eigenvalue weighted by Gasteiger charge is 2.28. The first-order valence-corrected chi connectivity index (χ1v) is 9.22. The van der Waals surface area contributed by atoms with Crippen LogP contribution in [0.15, 0.2) is 36.7 Å². The van der Waals surface area contributed by atoms with E-state index in [4.69, 9.17) is 4.74 Å². The highest BCUT2D eigenvalue weighted by Crippen LogP contribution is 2.09. The van der Waals surface area contributed by atoms with Crippen LogP contribution in [0, 0.1) is 0 Å². The lowest BCUT2D eigenvalue weighted by atomic mass is 10.2. The summed E-state index contributed by atoms with van der Waals surface area (Å²) in [5.41, 5.74) is 0.958. The predicted molar refractivity (Wildman–Crippen MR) is 99.3 cm³/mol. The van der Waals surface area contributed by atoms with Gasteiger partial charge >= 0.3 is 5.97 Å². The van der Waals surface area contributed by atoms with Crippen LogP contribution >= 0.6 is 0 Å². The summed E-state index contributed by atoms with van der Waals surface area (Å²) in [5.74, 6) is -1.43. The first-order valence-electron chi connectivity index (χ1n) is 9.22. The van der Waals surface area contributed by atoms with Gasteiger partial charge in [-0.25, -0.2) is 9.78 Å². The molecule has 1 aliphatic rings. The van der Waals surface area contributed by atoms with E-state index in [1.165, 1.54) is 13.3 Å². The van der Waals surface area contributed by atoms with Crippen LogP contribution in [0.25, 0.3) is 0 Å². The van der Waals surface area contributed by atoms with Crippen molar-refractivity contribution in [2.75, 3.05) is 26.2 Å². The van der Waals surface area contributed by atoms with E-state index in [0.29, 0.717) is 13.1 Å². The summed E-state index contributed by atoms with van der Waals surface area (Å²) in [6.07, 6.45) is 1.30. The number of rotatable bonds is 6. The van der Waals surface area contributed by atoms with Gasteiger partial charge in [-0.3, -0.25) is 9.59 Å². The number of nitrogens with zero attached hydrogens (tertiary/aromatic N) is 2. The monoisotopic (exact) mass is 386 g/mol. The van der Waals surface area contributed by atoms with Gasteiger partial charge in [0.1, 0.15) is 18.3 Å². The summed E-state index contributed by atoms with van der Waals surface area (Å²) in [6, 6.07) is 8.39. The van der Waals surface area contributed by atoms with Crippen LogP contribution in [0.3, 0.4) is 0 Å². The summed E-state index contributed by atoms with van der Waals surface area (Å²) in [4.78, 5) is 45.7. The number of aromatic nitrogens is 2. The quantitative estimate of drug-likeness (QED) is 0.567. The lowest BCUT2D eigenvalue weighted by Crippen LogP contribution is -2.89. The molecular weight excluding hydrogens is 362 g/mol. The molecule has 0 aliphatic carbocycles. The van der Waals surface area contributed by atoms with Gasteiger partial charge in [0, 0.05) is 0 Å². The fourth-order valence-corrected chi connectivity index (χ4v) is 2.92. The summed E-state index contributed by atoms with van der Waals surface area (Å²) >= 11 is 0. The summed E-state index contributed by atoms with van der Waals surface area (Å²) in [6.45, 7) is 4.53. The Labute approximate surface area is 162 Å². The van der Waals surface area contributed by atoms with Crippen molar-refractivity contribution >= 4 is 17.8 Å². The van der Waals surface area contributed by atoms with Crippen molar-refractivity contribution in [2.45, 2.75) is 19.6 Å². The van der Waals surface area contributed by atoms with E-state index in [2.05, 4.69) is 20.6 Å². The molecule has 1 fully saturated rings. The minimum Gasteiger partial charge on any atom is -0.459 e. The van der Waals surface area contributed by atoms with Gasteiger partial charge < -0.3 is 25.3 Å². The Kier molecular flexibility index (Phi) is 6.38. The van der Waals surface area contributed by atoms with Gasteiger partial charge in [-0.1, -0.05) is 30.3 Å². The predicted octanol–water partition coefficient (Wildman–Crippen LogP) is -0.709. The third-order valence-electron chi connectivity index (χ3n) is 4.49. The van der Waals surface area contributed by atoms with Gasteiger partial charge in [-0.2, -0.15) is 0 Å². The molecule has 0 bridgehead atoms. The zero-order valence-corrected chi connectivity index (χ0v) is 15.7. The average molecular weight is 386 g/mol. The lowest BCUT2D eigenvalue weighted by Gasteiger charge is -2.24. The van der Waals surface area contributed by atoms with Crippen molar-refractivity contribution in [1.29, 1.82) is 0 Å². The molecule has 1 aliphatic heterocycles. The number of hydrogen-bond acceptors (Lipinski definition) is 5. The Morgan fingerprint density at radius 3 is 2.68 bits per heavy atom. The molecule has 9 nitrogen and oxygen atoms in total. The Morgan fingerprint density at radius 1 is 1.25 bits per heavy atom. The molecule has 3 rings (SSSR count). The number of ether oxygens (including phenoxy) is 1. The van der Waals surface area contributed by atoms with Crippen LogP contribution in [0.2, 0.25) is 0 Å². The smallest absolute Gasteiger partial charge is 0.328 e. The van der Waals surface area contributed by atoms with Crippen molar-refractivity contribution < 1.29 is 24.4 Å². The van der Waals surface area contributed by atoms with E-state index >= 15 is 0 Å². The second kappa shape index (κ2) is 9.14. The number of benzene rings is 1. The molecule has 1 saturated heterocycles. The normalized spacial score (nSPS) is 15.0. The lowest BCUT2D eigenvalue weighted by molar-refractivity contribution is -0.661. The molecule has 0 saturated carbocycles. The number of quaternary nitrogens is 1. The molecule has 148 valence electrons. The number of H-pyrrole nitrogens is 1. The molecule has 1 aromatic carbocycles. The van der Waals surface area contributed by atoms with Gasteiger partial charge in [0.05, 0.1) is 32.5 Å². The minimum absolute atomic E-state index is 0.0257. The molecule has 2 aromatic rings. The highest BCUT2D eigenvalue weighted by molar-refractivity contribution is 6.05. The number of imidazole rings is 1. The van der Waals surface area contributed by atoms with E-state index in [9.17, 15) is 14.4 Å². The fraction of sp³-hybridized carbons (Fsp3) is 0.368. The number of hydrogen-bond donors (Lipinski definition) is 3. The van der Waals surface area contributed by atoms with Crippen molar-refractivity contribution in [2.24, 2.45) is 0 Å². The Morgan fingerprint density at radius 2 is 1.96 bits per heavy atom. The second-order valence-corrected chi connectivity index (χ2v) is 6.57. The van der Waals surface area contributed by atoms with E-state index in [0.717, 1.165) is 18.7 Å². The zero-order chi connectivity index (χ0) is 19.9. The number of carbonyl (C=O) groups excluding carboxylic acids is 3. The maximum atomic E-state index is 12.6. The number of carbonyl (C=O) groups is 3. The highest BCUT2D eigenvalue weighted by atomic mass is 16.5. The summed E-state index contributed by atoms with van der Waals surface area (Å²) in [5, 5.41) is 4.68. The van der Waals surface area contributed by atoms with Crippen LogP contribution in [0.5, 0.6) is 0 Å². The number of amides is 2. The Balaban J connectivity index is 1.57. The number of nitrogens with one attached hydrogen (secondary N) is 2. The van der Waals surface area contributed by atoms with Gasteiger partial charge in [-0.15, -0.1) is 0 Å². The van der Waals surface area contributed by atoms with Crippen LogP contribution in [-0.2, 0) is 16.1 Å². The van der Waals surface area contributed by atoms with E-state index in [1.54, 1.807) is 4.90 Å². The third-order valence-corrected chi connectivity index (χ3v) is 4.49. The molecule has 1 aromatic heterocycles. The largest absolute Gasteiger partial charge is 0.459 e. The molecule has 1 atom stereocenters. The fourth-order valence-electron chi connectivity index (χ4n) is 2.92. The average Bonchev–Trinajstić information content (AvgIpc) is 3.23. The zero-order valence-electron chi connectivity index (χ0n) is 15.7. The Hall–Kier alpha value is -3.20. The van der Waals surface area contributed by atoms with Crippen LogP contribution in [0.1, 0.15) is 33.5 Å². The van der Waals surface area contributed by atoms with Gasteiger partial charge in [0.2, 0.25) is 0 Å². The third kappa shape index (κ3) is 4.74. The molecule has 2 heterocycles. The van der Waals surface area contributed by atoms with Crippen LogP contribution in [0.4, 0.5) is 0 Å². The molecule has 2 amide bonds. The molecule has 0 radical (unpaired) electrons. The first-order chi connectivity index (χ1) is 13.6. The number of piperazine rings is 1. The second-order valence-electron chi connectivity index (χ2n) is 6.57. The molecule has 0 unspecified atom stereocenters. The molecule has 9 heteroatoms. The molecule has 4 N–H and O–H groups in total. The maximum Gasteiger partial charge on any atom is 0.328 e. The van der Waals surface area contributed by atoms with Gasteiger partial charge in [0.15, 0.2) is 5.69 Å². The molecule has 0 spiro atoms. The van der Waals surface area contributed by atoms with Crippen LogP contribution in [-0.4, -0.2) is 64.9 Å². The van der Waals surface area contributed by atoms with Crippen molar-refractivity contribution in [3.8, 4) is 0 Å². The van der Waals surface area contributed by atoms with Crippen molar-refractivity contribution in [1.82, 2.24) is 20.2 Å². The van der Waals surface area contributed by atoms with Crippen molar-refractivity contribution in [3.63, 3.8) is 0 Å². The van der Waals surface area contributed by atoms with Gasteiger partial charge in [-0.05, 0) is 12.5 Å². The summed E-state index contributed by atoms with van der Waals surface area (Å²) < 4.78 is 5.22. The Bertz CT molecular complexity index is 830. The number of esters is 1. The molecule has 28 heavy (non-hydrogen) atoms. The van der Waals surface area contributed by atoms with E-state index < -0.39 is 17.9 Å². The standard InChI is InChI=1S/C19H23N5O4/c1-13(19(27)28-11-14-5-3-2-4-6-14)23-17(25)15-16(22-12-21-15)18(26)24-9-7-20-8-10-24/h2-6,12-13,20H,7-11H2,1H3,(H,21,22)(H,23,25)/p+1/t13-/m0/s1. The SMILES string of the molecule is C[C@H](NC(=O)c1nc[nH]c1C(=O)N1CC[NH2+]CC1)C(=O)OCc1ccccc1. The minimum atomic E-state index is -0.875. The topological polar surface area (TPSA) is 121 Å². The van der Waals surface area contributed by atoms with Gasteiger partial charge in [0.25, 0.3) is 11.8 Å². The maximum absolute atomic E-state index is 12.6. The van der Waals surface area contributed by atoms with Crippen molar-refractivity contribution in [3.05, 3.63) is 53.6 Å². The summed E-state index contributed by atoms with van der Waals surface area (Å²) in [7, 11) is 0. The molecular formula is C19H24N5O4+. The van der Waals surface area contributed by atoms with E-state index in [-0.39, 0.29) is 23.9 Å². The van der Waals surface area contributed by atoms with E-state index in [1.807, 2.05) is 30.3 Å². The number of nitrogens with two attached hydrogens (primary N) is 1. The first kappa shape index (κ1) is 19.6. The number of aromatic amines is 1. The van der Waals surface area contributed by atoms with Crippen LogP contribution < -0.4 is 10.6 Å².